The number of carbonyl (C=O) groups is 1. The van der Waals surface area contributed by atoms with Crippen LogP contribution in [0.2, 0.25) is 0 Å². The van der Waals surface area contributed by atoms with Crippen molar-refractivity contribution in [3.63, 3.8) is 0 Å². The van der Waals surface area contributed by atoms with Crippen LogP contribution in [0.1, 0.15) is 226 Å². The summed E-state index contributed by atoms with van der Waals surface area (Å²) in [5.41, 5.74) is 0. The third-order valence-corrected chi connectivity index (χ3v) is 12.1. The SMILES string of the molecule is CCCCCCCCCCCCCCCCCCCCCCC/C=C/CC/C=C/CC/C=C/C(O)C(COP(=O)(O)OCC[N+](C)(C)C)NC(=O)CCCCCCCC. The van der Waals surface area contributed by atoms with Gasteiger partial charge in [0.1, 0.15) is 13.2 Å². The van der Waals surface area contributed by atoms with E-state index in [9.17, 15) is 19.4 Å². The molecule has 348 valence electrons. The van der Waals surface area contributed by atoms with E-state index in [0.717, 1.165) is 44.9 Å². The standard InChI is InChI=1S/C50H97N2O6P/c1-6-8-10-12-14-15-16-17-18-19-20-21-22-23-24-25-26-27-28-29-30-31-32-33-34-35-36-37-38-39-41-43-49(53)48(51-50(54)44-42-40-13-11-9-7-2)47-58-59(55,56)57-46-45-52(3,4)5/h32-33,36-37,41,43,48-49,53H,6-31,34-35,38-40,42,44-47H2,1-5H3,(H-,51,54,55,56)/p+1/b33-32+,37-36+,43-41+. The molecule has 9 heteroatoms. The number of carbonyl (C=O) groups excluding carboxylic acids is 1. The van der Waals surface area contributed by atoms with Crippen molar-refractivity contribution in [3.05, 3.63) is 36.5 Å². The van der Waals surface area contributed by atoms with Crippen LogP contribution in [0.5, 0.6) is 0 Å². The molecule has 0 aromatic rings. The van der Waals surface area contributed by atoms with E-state index in [1.165, 1.54) is 161 Å². The molecule has 3 N–H and O–H groups in total. The van der Waals surface area contributed by atoms with Gasteiger partial charge in [0, 0.05) is 6.42 Å². The average molecular weight is 854 g/mol. The molecule has 0 rings (SSSR count). The highest BCUT2D eigenvalue weighted by molar-refractivity contribution is 7.47. The number of aliphatic hydroxyl groups is 1. The lowest BCUT2D eigenvalue weighted by Gasteiger charge is -2.25. The van der Waals surface area contributed by atoms with Gasteiger partial charge in [0.15, 0.2) is 0 Å². The third kappa shape index (κ3) is 44.6. The lowest BCUT2D eigenvalue weighted by Crippen LogP contribution is -2.45. The summed E-state index contributed by atoms with van der Waals surface area (Å²) < 4.78 is 23.4. The predicted octanol–water partition coefficient (Wildman–Crippen LogP) is 14.3. The van der Waals surface area contributed by atoms with Crippen LogP contribution in [0.15, 0.2) is 36.5 Å². The predicted molar refractivity (Wildman–Crippen MR) is 254 cm³/mol. The number of aliphatic hydroxyl groups excluding tert-OH is 1. The molecule has 0 saturated heterocycles. The summed E-state index contributed by atoms with van der Waals surface area (Å²) in [6, 6.07) is -0.864. The Morgan fingerprint density at radius 3 is 1.36 bits per heavy atom. The summed E-state index contributed by atoms with van der Waals surface area (Å²) in [6.07, 6.45) is 52.9. The zero-order valence-electron chi connectivity index (χ0n) is 39.5. The molecule has 0 saturated carbocycles. The molecule has 1 amide bonds. The smallest absolute Gasteiger partial charge is 0.387 e. The first-order valence-corrected chi connectivity index (χ1v) is 26.4. The van der Waals surface area contributed by atoms with Gasteiger partial charge in [0.05, 0.1) is 39.9 Å². The van der Waals surface area contributed by atoms with Crippen molar-refractivity contribution in [2.45, 2.75) is 238 Å². The number of hydrogen-bond acceptors (Lipinski definition) is 5. The number of phosphoric ester groups is 1. The van der Waals surface area contributed by atoms with Gasteiger partial charge in [0.2, 0.25) is 5.91 Å². The van der Waals surface area contributed by atoms with E-state index in [-0.39, 0.29) is 19.1 Å². The Hall–Kier alpha value is -1.28. The first-order chi connectivity index (χ1) is 28.5. The van der Waals surface area contributed by atoms with Crippen LogP contribution in [-0.4, -0.2) is 73.4 Å². The van der Waals surface area contributed by atoms with Crippen LogP contribution in [0.4, 0.5) is 0 Å². The highest BCUT2D eigenvalue weighted by Gasteiger charge is 2.27. The first kappa shape index (κ1) is 57.7. The van der Waals surface area contributed by atoms with Gasteiger partial charge in [-0.2, -0.15) is 0 Å². The van der Waals surface area contributed by atoms with Gasteiger partial charge in [0.25, 0.3) is 0 Å². The number of rotatable bonds is 45. The molecular weight excluding hydrogens is 756 g/mol. The minimum atomic E-state index is -4.34. The molecule has 0 heterocycles. The summed E-state index contributed by atoms with van der Waals surface area (Å²) >= 11 is 0. The van der Waals surface area contributed by atoms with E-state index < -0.39 is 20.0 Å². The Morgan fingerprint density at radius 1 is 0.559 bits per heavy atom. The highest BCUT2D eigenvalue weighted by Crippen LogP contribution is 2.43. The Bertz CT molecular complexity index is 1060. The van der Waals surface area contributed by atoms with Crippen LogP contribution in [-0.2, 0) is 18.4 Å². The minimum absolute atomic E-state index is 0.0539. The van der Waals surface area contributed by atoms with Crippen molar-refractivity contribution in [1.29, 1.82) is 0 Å². The maximum Gasteiger partial charge on any atom is 0.472 e. The summed E-state index contributed by atoms with van der Waals surface area (Å²) in [5.74, 6) is -0.201. The van der Waals surface area contributed by atoms with Gasteiger partial charge < -0.3 is 19.8 Å². The number of nitrogens with one attached hydrogen (secondary N) is 1. The number of quaternary nitrogens is 1. The number of likely N-dealkylation sites (N-methyl/N-ethyl adjacent to an activating group) is 1. The van der Waals surface area contributed by atoms with Gasteiger partial charge in [-0.15, -0.1) is 0 Å². The lowest BCUT2D eigenvalue weighted by molar-refractivity contribution is -0.870. The fraction of sp³-hybridized carbons (Fsp3) is 0.860. The highest BCUT2D eigenvalue weighted by atomic mass is 31.2. The van der Waals surface area contributed by atoms with Gasteiger partial charge >= 0.3 is 7.82 Å². The summed E-state index contributed by atoms with van der Waals surface area (Å²) in [7, 11) is 1.55. The molecule has 0 radical (unpaired) electrons. The quantitative estimate of drug-likeness (QED) is 0.0244. The topological polar surface area (TPSA) is 105 Å². The second-order valence-corrected chi connectivity index (χ2v) is 19.6. The maximum absolute atomic E-state index is 12.7. The van der Waals surface area contributed by atoms with Crippen molar-refractivity contribution >= 4 is 13.7 Å². The zero-order chi connectivity index (χ0) is 43.6. The van der Waals surface area contributed by atoms with Crippen LogP contribution >= 0.6 is 7.82 Å². The molecular formula is C50H98N2O6P+. The fourth-order valence-electron chi connectivity index (χ4n) is 7.13. The number of allylic oxidation sites excluding steroid dienone is 5. The lowest BCUT2D eigenvalue weighted by atomic mass is 10.0. The summed E-state index contributed by atoms with van der Waals surface area (Å²) in [4.78, 5) is 22.9. The molecule has 3 atom stereocenters. The molecule has 0 bridgehead atoms. The molecule has 8 nitrogen and oxygen atoms in total. The van der Waals surface area contributed by atoms with E-state index in [2.05, 4.69) is 43.5 Å². The van der Waals surface area contributed by atoms with Crippen molar-refractivity contribution in [1.82, 2.24) is 5.32 Å². The van der Waals surface area contributed by atoms with E-state index >= 15 is 0 Å². The van der Waals surface area contributed by atoms with Crippen molar-refractivity contribution in [2.24, 2.45) is 0 Å². The molecule has 0 aliphatic heterocycles. The van der Waals surface area contributed by atoms with Crippen LogP contribution in [0, 0.1) is 0 Å². The molecule has 0 fully saturated rings. The molecule has 3 unspecified atom stereocenters. The second-order valence-electron chi connectivity index (χ2n) is 18.2. The fourth-order valence-corrected chi connectivity index (χ4v) is 7.87. The van der Waals surface area contributed by atoms with E-state index in [0.29, 0.717) is 17.4 Å². The molecule has 0 spiro atoms. The normalized spacial score (nSPS) is 14.5. The van der Waals surface area contributed by atoms with Gasteiger partial charge in [-0.25, -0.2) is 4.57 Å². The number of unbranched alkanes of at least 4 members (excludes halogenated alkanes) is 28. The maximum atomic E-state index is 12.7. The van der Waals surface area contributed by atoms with Crippen molar-refractivity contribution in [3.8, 4) is 0 Å². The van der Waals surface area contributed by atoms with Crippen molar-refractivity contribution < 1.29 is 32.9 Å². The number of nitrogens with zero attached hydrogens (tertiary/aromatic N) is 1. The first-order valence-electron chi connectivity index (χ1n) is 24.9. The van der Waals surface area contributed by atoms with Crippen LogP contribution < -0.4 is 5.32 Å². The van der Waals surface area contributed by atoms with Gasteiger partial charge in [-0.3, -0.25) is 13.8 Å². The van der Waals surface area contributed by atoms with E-state index in [4.69, 9.17) is 9.05 Å². The van der Waals surface area contributed by atoms with Crippen LogP contribution in [0.3, 0.4) is 0 Å². The second kappa shape index (κ2) is 42.0. The Balaban J connectivity index is 4.04. The summed E-state index contributed by atoms with van der Waals surface area (Å²) in [6.45, 7) is 4.72. The zero-order valence-corrected chi connectivity index (χ0v) is 40.4. The summed E-state index contributed by atoms with van der Waals surface area (Å²) in [5, 5.41) is 13.7. The number of amides is 1. The largest absolute Gasteiger partial charge is 0.472 e. The Kier molecular flexibility index (Phi) is 41.1. The molecule has 0 aliphatic carbocycles. The number of hydrogen-bond donors (Lipinski definition) is 3. The average Bonchev–Trinajstić information content (AvgIpc) is 3.19. The Morgan fingerprint density at radius 2 is 0.932 bits per heavy atom. The third-order valence-electron chi connectivity index (χ3n) is 11.1. The molecule has 0 aliphatic rings. The number of phosphoric acid groups is 1. The van der Waals surface area contributed by atoms with Crippen molar-refractivity contribution in [2.75, 3.05) is 40.9 Å². The minimum Gasteiger partial charge on any atom is -0.387 e. The molecule has 59 heavy (non-hydrogen) atoms. The van der Waals surface area contributed by atoms with Crippen LogP contribution in [0.25, 0.3) is 0 Å². The Labute approximate surface area is 366 Å². The molecule has 0 aromatic heterocycles. The van der Waals surface area contributed by atoms with E-state index in [1.54, 1.807) is 6.08 Å². The van der Waals surface area contributed by atoms with Gasteiger partial charge in [-0.1, -0.05) is 211 Å². The van der Waals surface area contributed by atoms with Gasteiger partial charge in [-0.05, 0) is 44.9 Å². The van der Waals surface area contributed by atoms with E-state index in [1.807, 2.05) is 27.2 Å². The monoisotopic (exact) mass is 854 g/mol. The molecule has 0 aromatic carbocycles.